The lowest BCUT2D eigenvalue weighted by molar-refractivity contribution is 0.0847. The van der Waals surface area contributed by atoms with E-state index < -0.39 is 17.9 Å². The van der Waals surface area contributed by atoms with Crippen LogP contribution < -0.4 is 0 Å². The number of aryl methyl sites for hydroxylation is 1. The second-order valence-corrected chi connectivity index (χ2v) is 7.23. The first-order valence-electron chi connectivity index (χ1n) is 9.09. The topological polar surface area (TPSA) is 89.6 Å². The van der Waals surface area contributed by atoms with E-state index in [4.69, 9.17) is 10.2 Å². The van der Waals surface area contributed by atoms with Crippen LogP contribution in [0, 0.1) is 17.2 Å². The highest BCUT2D eigenvalue weighted by molar-refractivity contribution is 5.68. The summed E-state index contributed by atoms with van der Waals surface area (Å²) < 4.78 is 32.2. The molecule has 8 nitrogen and oxygen atoms in total. The molecular formula is C19H16F2N8. The fourth-order valence-corrected chi connectivity index (χ4v) is 3.63. The Morgan fingerprint density at radius 1 is 1.28 bits per heavy atom. The van der Waals surface area contributed by atoms with Gasteiger partial charge in [0, 0.05) is 49.9 Å². The molecule has 146 valence electrons. The summed E-state index contributed by atoms with van der Waals surface area (Å²) in [5.74, 6) is -3.01. The van der Waals surface area contributed by atoms with Gasteiger partial charge in [0.2, 0.25) is 0 Å². The van der Waals surface area contributed by atoms with Gasteiger partial charge in [0.15, 0.2) is 0 Å². The Bertz CT molecular complexity index is 1240. The minimum absolute atomic E-state index is 0.0228. The van der Waals surface area contributed by atoms with E-state index in [0.29, 0.717) is 22.7 Å². The van der Waals surface area contributed by atoms with Crippen molar-refractivity contribution >= 4 is 5.65 Å². The molecule has 1 unspecified atom stereocenters. The van der Waals surface area contributed by atoms with Crippen LogP contribution in [0.3, 0.4) is 0 Å². The SMILES string of the molecule is Cn1cc(-c2cc3nccn3c(-c3cnn(C(CC#N)[C@@H]4CC4(F)F)c3)n2)cn1. The van der Waals surface area contributed by atoms with Gasteiger partial charge in [0.1, 0.15) is 11.5 Å². The molecule has 0 radical (unpaired) electrons. The number of halogens is 2. The number of hydrogen-bond donors (Lipinski definition) is 0. The average molecular weight is 394 g/mol. The second kappa shape index (κ2) is 6.20. The molecule has 0 N–H and O–H groups in total. The minimum Gasteiger partial charge on any atom is -0.284 e. The quantitative estimate of drug-likeness (QED) is 0.519. The predicted molar refractivity (Wildman–Crippen MR) is 98.7 cm³/mol. The van der Waals surface area contributed by atoms with Gasteiger partial charge in [-0.15, -0.1) is 0 Å². The lowest BCUT2D eigenvalue weighted by atomic mass is 10.1. The third-order valence-electron chi connectivity index (χ3n) is 5.23. The van der Waals surface area contributed by atoms with Crippen LogP contribution in [0.25, 0.3) is 28.3 Å². The van der Waals surface area contributed by atoms with E-state index in [1.807, 2.05) is 29.8 Å². The number of nitrogens with zero attached hydrogens (tertiary/aromatic N) is 8. The average Bonchev–Trinajstić information content (AvgIpc) is 3.21. The van der Waals surface area contributed by atoms with E-state index in [1.54, 1.807) is 35.7 Å². The van der Waals surface area contributed by atoms with Crippen molar-refractivity contribution in [2.45, 2.75) is 24.8 Å². The standard InChI is InChI=1S/C19H16F2N8/c1-27-10-12(8-24-27)15-6-17-23-4-5-28(17)18(26-15)13-9-25-29(11-13)16(2-3-22)14-7-19(14,20)21/h4-6,8-11,14,16H,2,7H2,1H3/t14-,16?/m0/s1. The van der Waals surface area contributed by atoms with Gasteiger partial charge in [-0.1, -0.05) is 0 Å². The van der Waals surface area contributed by atoms with Gasteiger partial charge in [-0.05, 0) is 0 Å². The normalized spacial score (nSPS) is 18.6. The Morgan fingerprint density at radius 2 is 2.07 bits per heavy atom. The summed E-state index contributed by atoms with van der Waals surface area (Å²) in [6.45, 7) is 0. The Balaban J connectivity index is 1.58. The number of aromatic nitrogens is 7. The molecule has 1 fully saturated rings. The van der Waals surface area contributed by atoms with E-state index in [0.717, 1.165) is 5.56 Å². The molecule has 1 saturated carbocycles. The zero-order valence-electron chi connectivity index (χ0n) is 15.4. The van der Waals surface area contributed by atoms with E-state index >= 15 is 0 Å². The van der Waals surface area contributed by atoms with E-state index in [-0.39, 0.29) is 12.8 Å². The van der Waals surface area contributed by atoms with Crippen molar-refractivity contribution in [2.75, 3.05) is 0 Å². The zero-order chi connectivity index (χ0) is 20.2. The molecule has 1 aliphatic rings. The van der Waals surface area contributed by atoms with Crippen molar-refractivity contribution in [3.8, 4) is 28.7 Å². The number of rotatable bonds is 5. The molecule has 0 aromatic carbocycles. The number of alkyl halides is 2. The number of hydrogen-bond acceptors (Lipinski definition) is 5. The molecule has 0 amide bonds. The van der Waals surface area contributed by atoms with Gasteiger partial charge in [-0.3, -0.25) is 13.8 Å². The molecule has 4 aromatic heterocycles. The molecule has 1 aliphatic carbocycles. The van der Waals surface area contributed by atoms with Gasteiger partial charge in [-0.25, -0.2) is 18.7 Å². The van der Waals surface area contributed by atoms with E-state index in [9.17, 15) is 8.78 Å². The lowest BCUT2D eigenvalue weighted by Gasteiger charge is -2.13. The van der Waals surface area contributed by atoms with Crippen molar-refractivity contribution in [1.29, 1.82) is 5.26 Å². The molecule has 0 spiro atoms. The molecular weight excluding hydrogens is 378 g/mol. The van der Waals surface area contributed by atoms with Crippen molar-refractivity contribution < 1.29 is 8.78 Å². The third-order valence-corrected chi connectivity index (χ3v) is 5.23. The zero-order valence-corrected chi connectivity index (χ0v) is 15.4. The van der Waals surface area contributed by atoms with Crippen LogP contribution >= 0.6 is 0 Å². The molecule has 4 aromatic rings. The van der Waals surface area contributed by atoms with Gasteiger partial charge in [0.25, 0.3) is 5.92 Å². The fourth-order valence-electron chi connectivity index (χ4n) is 3.63. The molecule has 5 rings (SSSR count). The Morgan fingerprint density at radius 3 is 2.76 bits per heavy atom. The van der Waals surface area contributed by atoms with Crippen LogP contribution in [0.1, 0.15) is 18.9 Å². The molecule has 2 atom stereocenters. The molecule has 0 bridgehead atoms. The smallest absolute Gasteiger partial charge is 0.253 e. The highest BCUT2D eigenvalue weighted by Crippen LogP contribution is 2.55. The highest BCUT2D eigenvalue weighted by Gasteiger charge is 2.61. The number of nitriles is 1. The second-order valence-electron chi connectivity index (χ2n) is 7.23. The maximum atomic E-state index is 13.6. The summed E-state index contributed by atoms with van der Waals surface area (Å²) in [7, 11) is 1.82. The predicted octanol–water partition coefficient (Wildman–Crippen LogP) is 3.10. The summed E-state index contributed by atoms with van der Waals surface area (Å²) in [5, 5.41) is 17.5. The highest BCUT2D eigenvalue weighted by atomic mass is 19.3. The summed E-state index contributed by atoms with van der Waals surface area (Å²) in [4.78, 5) is 9.09. The van der Waals surface area contributed by atoms with E-state index in [2.05, 4.69) is 15.2 Å². The maximum absolute atomic E-state index is 13.6. The van der Waals surface area contributed by atoms with Crippen molar-refractivity contribution in [3.05, 3.63) is 43.2 Å². The van der Waals surface area contributed by atoms with Crippen LogP contribution in [-0.2, 0) is 7.05 Å². The van der Waals surface area contributed by atoms with Gasteiger partial charge in [-0.2, -0.15) is 15.5 Å². The first-order valence-corrected chi connectivity index (χ1v) is 9.09. The Labute approximate surface area is 164 Å². The largest absolute Gasteiger partial charge is 0.284 e. The Kier molecular flexibility index (Phi) is 3.74. The first kappa shape index (κ1) is 17.5. The maximum Gasteiger partial charge on any atom is 0.253 e. The van der Waals surface area contributed by atoms with Crippen molar-refractivity contribution in [2.24, 2.45) is 13.0 Å². The summed E-state index contributed by atoms with van der Waals surface area (Å²) >= 11 is 0. The number of fused-ring (bicyclic) bond motifs is 1. The van der Waals surface area contributed by atoms with Gasteiger partial charge < -0.3 is 0 Å². The lowest BCUT2D eigenvalue weighted by Crippen LogP contribution is -2.15. The summed E-state index contributed by atoms with van der Waals surface area (Å²) in [6.07, 6.45) is 10.0. The molecule has 0 aliphatic heterocycles. The van der Waals surface area contributed by atoms with Crippen LogP contribution in [0.4, 0.5) is 8.78 Å². The van der Waals surface area contributed by atoms with Gasteiger partial charge >= 0.3 is 0 Å². The Hall–Kier alpha value is -3.61. The van der Waals surface area contributed by atoms with Crippen molar-refractivity contribution in [1.82, 2.24) is 33.9 Å². The fraction of sp³-hybridized carbons (Fsp3) is 0.316. The monoisotopic (exact) mass is 394 g/mol. The number of imidazole rings is 1. The summed E-state index contributed by atoms with van der Waals surface area (Å²) in [6, 6.07) is 3.19. The first-order chi connectivity index (χ1) is 14.0. The molecule has 4 heterocycles. The molecule has 10 heteroatoms. The van der Waals surface area contributed by atoms with Gasteiger partial charge in [0.05, 0.1) is 48.1 Å². The van der Waals surface area contributed by atoms with Crippen molar-refractivity contribution in [3.63, 3.8) is 0 Å². The van der Waals surface area contributed by atoms with Crippen LogP contribution in [0.5, 0.6) is 0 Å². The van der Waals surface area contributed by atoms with Crippen LogP contribution in [-0.4, -0.2) is 39.9 Å². The summed E-state index contributed by atoms with van der Waals surface area (Å²) in [5.41, 5.74) is 2.89. The molecule has 0 saturated heterocycles. The van der Waals surface area contributed by atoms with E-state index in [1.165, 1.54) is 4.68 Å². The van der Waals surface area contributed by atoms with Crippen LogP contribution in [0.2, 0.25) is 0 Å². The van der Waals surface area contributed by atoms with Crippen LogP contribution in [0.15, 0.2) is 43.2 Å². The third kappa shape index (κ3) is 2.95. The minimum atomic E-state index is -2.73. The molecule has 29 heavy (non-hydrogen) atoms.